The molecule has 1 aromatic rings. The minimum atomic E-state index is 0.172. The number of hydrogen-bond donors (Lipinski definition) is 2. The number of ether oxygens (including phenoxy) is 1. The molecule has 1 aromatic carbocycles. The smallest absolute Gasteiger partial charge is 0.0744 e. The van der Waals surface area contributed by atoms with Gasteiger partial charge in [0.25, 0.3) is 0 Å². The molecule has 3 nitrogen and oxygen atoms in total. The summed E-state index contributed by atoms with van der Waals surface area (Å²) in [7, 11) is 0. The van der Waals surface area contributed by atoms with Gasteiger partial charge in [-0.3, -0.25) is 11.3 Å². The van der Waals surface area contributed by atoms with E-state index in [4.69, 9.17) is 10.6 Å². The van der Waals surface area contributed by atoms with Gasteiger partial charge in [-0.2, -0.15) is 0 Å². The zero-order chi connectivity index (χ0) is 13.4. The number of rotatable bonds is 8. The summed E-state index contributed by atoms with van der Waals surface area (Å²) < 4.78 is 5.80. The number of nitrogens with one attached hydrogen (secondary N) is 1. The van der Waals surface area contributed by atoms with Gasteiger partial charge in [0.2, 0.25) is 0 Å². The quantitative estimate of drug-likeness (QED) is 0.550. The Morgan fingerprint density at radius 3 is 2.56 bits per heavy atom. The van der Waals surface area contributed by atoms with Gasteiger partial charge in [-0.25, -0.2) is 0 Å². The highest BCUT2D eigenvalue weighted by molar-refractivity contribution is 5.26. The lowest BCUT2D eigenvalue weighted by atomic mass is 9.96. The minimum absolute atomic E-state index is 0.172. The van der Waals surface area contributed by atoms with Crippen LogP contribution in [0.5, 0.6) is 0 Å². The molecule has 0 aliphatic carbocycles. The van der Waals surface area contributed by atoms with Gasteiger partial charge in [0.15, 0.2) is 0 Å². The van der Waals surface area contributed by atoms with Crippen LogP contribution in [0.1, 0.15) is 37.8 Å². The van der Waals surface area contributed by atoms with E-state index in [2.05, 4.69) is 43.5 Å². The van der Waals surface area contributed by atoms with Gasteiger partial charge in [0, 0.05) is 6.61 Å². The lowest BCUT2D eigenvalue weighted by molar-refractivity contribution is 0.0281. The fourth-order valence-electron chi connectivity index (χ4n) is 2.27. The number of nitrogens with two attached hydrogens (primary N) is 1. The van der Waals surface area contributed by atoms with Crippen molar-refractivity contribution in [2.45, 2.75) is 52.2 Å². The molecule has 3 N–H and O–H groups in total. The molecule has 0 radical (unpaired) electrons. The van der Waals surface area contributed by atoms with Crippen LogP contribution in [-0.4, -0.2) is 18.8 Å². The standard InChI is InChI=1S/C15H26N2O/c1-4-8-15(18-5-2)14(17-16)11-13-10-7-6-9-12(13)3/h6-7,9-10,14-15,17H,4-5,8,11,16H2,1-3H3. The zero-order valence-electron chi connectivity index (χ0n) is 11.8. The fourth-order valence-corrected chi connectivity index (χ4v) is 2.27. The van der Waals surface area contributed by atoms with E-state index >= 15 is 0 Å². The molecule has 1 rings (SSSR count). The Hall–Kier alpha value is -0.900. The summed E-state index contributed by atoms with van der Waals surface area (Å²) in [5.74, 6) is 5.70. The van der Waals surface area contributed by atoms with Crippen LogP contribution in [0.2, 0.25) is 0 Å². The van der Waals surface area contributed by atoms with Crippen LogP contribution in [0.25, 0.3) is 0 Å². The van der Waals surface area contributed by atoms with E-state index in [9.17, 15) is 0 Å². The highest BCUT2D eigenvalue weighted by atomic mass is 16.5. The molecule has 0 fully saturated rings. The molecular weight excluding hydrogens is 224 g/mol. The Kier molecular flexibility index (Phi) is 6.94. The molecule has 2 atom stereocenters. The van der Waals surface area contributed by atoms with Gasteiger partial charge < -0.3 is 4.74 Å². The Bertz CT molecular complexity index is 335. The van der Waals surface area contributed by atoms with E-state index in [-0.39, 0.29) is 12.1 Å². The molecule has 0 saturated heterocycles. The average molecular weight is 250 g/mol. The Morgan fingerprint density at radius 2 is 2.00 bits per heavy atom. The third-order valence-electron chi connectivity index (χ3n) is 3.32. The molecule has 0 heterocycles. The summed E-state index contributed by atoms with van der Waals surface area (Å²) >= 11 is 0. The van der Waals surface area contributed by atoms with E-state index in [0.29, 0.717) is 0 Å². The van der Waals surface area contributed by atoms with Crippen LogP contribution in [0.3, 0.4) is 0 Å². The first-order valence-electron chi connectivity index (χ1n) is 6.85. The van der Waals surface area contributed by atoms with Gasteiger partial charge in [-0.1, -0.05) is 37.6 Å². The van der Waals surface area contributed by atoms with E-state index in [1.807, 2.05) is 6.92 Å². The van der Waals surface area contributed by atoms with Crippen molar-refractivity contribution >= 4 is 0 Å². The maximum absolute atomic E-state index is 5.80. The topological polar surface area (TPSA) is 47.3 Å². The molecule has 0 aliphatic heterocycles. The van der Waals surface area contributed by atoms with Crippen molar-refractivity contribution in [1.82, 2.24) is 5.43 Å². The van der Waals surface area contributed by atoms with Crippen molar-refractivity contribution in [2.75, 3.05) is 6.61 Å². The average Bonchev–Trinajstić information content (AvgIpc) is 2.38. The number of aryl methyl sites for hydroxylation is 1. The maximum Gasteiger partial charge on any atom is 0.0744 e. The van der Waals surface area contributed by atoms with Crippen molar-refractivity contribution in [3.63, 3.8) is 0 Å². The number of hydrogen-bond acceptors (Lipinski definition) is 3. The predicted molar refractivity (Wildman–Crippen MR) is 76.3 cm³/mol. The number of benzene rings is 1. The molecule has 18 heavy (non-hydrogen) atoms. The third-order valence-corrected chi connectivity index (χ3v) is 3.32. The van der Waals surface area contributed by atoms with Crippen molar-refractivity contribution in [3.05, 3.63) is 35.4 Å². The summed E-state index contributed by atoms with van der Waals surface area (Å²) in [5, 5.41) is 0. The first-order valence-corrected chi connectivity index (χ1v) is 6.85. The first-order chi connectivity index (χ1) is 8.72. The van der Waals surface area contributed by atoms with Crippen molar-refractivity contribution in [1.29, 1.82) is 0 Å². The highest BCUT2D eigenvalue weighted by Gasteiger charge is 2.20. The second kappa shape index (κ2) is 8.25. The van der Waals surface area contributed by atoms with Crippen LogP contribution in [0.4, 0.5) is 0 Å². The second-order valence-electron chi connectivity index (χ2n) is 4.69. The third kappa shape index (κ3) is 4.41. The Labute approximate surface area is 111 Å². The minimum Gasteiger partial charge on any atom is -0.377 e. The molecule has 0 saturated carbocycles. The molecule has 102 valence electrons. The first kappa shape index (κ1) is 15.2. The maximum atomic E-state index is 5.80. The molecular formula is C15H26N2O. The van der Waals surface area contributed by atoms with E-state index < -0.39 is 0 Å². The molecule has 0 aliphatic rings. The molecule has 0 aromatic heterocycles. The van der Waals surface area contributed by atoms with E-state index in [0.717, 1.165) is 25.9 Å². The fraction of sp³-hybridized carbons (Fsp3) is 0.600. The second-order valence-corrected chi connectivity index (χ2v) is 4.69. The van der Waals surface area contributed by atoms with E-state index in [1.54, 1.807) is 0 Å². The summed E-state index contributed by atoms with van der Waals surface area (Å²) in [6.45, 7) is 7.08. The lowest BCUT2D eigenvalue weighted by Gasteiger charge is -2.26. The van der Waals surface area contributed by atoms with Crippen molar-refractivity contribution in [2.24, 2.45) is 5.84 Å². The lowest BCUT2D eigenvalue weighted by Crippen LogP contribution is -2.46. The van der Waals surface area contributed by atoms with Gasteiger partial charge in [-0.05, 0) is 37.8 Å². The molecule has 0 bridgehead atoms. The van der Waals surface area contributed by atoms with Crippen LogP contribution in [0, 0.1) is 6.92 Å². The van der Waals surface area contributed by atoms with Gasteiger partial charge in [-0.15, -0.1) is 0 Å². The van der Waals surface area contributed by atoms with Crippen LogP contribution in [-0.2, 0) is 11.2 Å². The van der Waals surface area contributed by atoms with Gasteiger partial charge in [0.1, 0.15) is 0 Å². The highest BCUT2D eigenvalue weighted by Crippen LogP contribution is 2.15. The number of hydrazine groups is 1. The predicted octanol–water partition coefficient (Wildman–Crippen LogP) is 2.57. The molecule has 0 amide bonds. The molecule has 3 heteroatoms. The summed E-state index contributed by atoms with van der Waals surface area (Å²) in [6, 6.07) is 8.61. The monoisotopic (exact) mass is 250 g/mol. The van der Waals surface area contributed by atoms with Crippen molar-refractivity contribution in [3.8, 4) is 0 Å². The molecule has 2 unspecified atom stereocenters. The summed E-state index contributed by atoms with van der Waals surface area (Å²) in [4.78, 5) is 0. The van der Waals surface area contributed by atoms with Crippen LogP contribution in [0.15, 0.2) is 24.3 Å². The normalized spacial score (nSPS) is 14.4. The Balaban J connectivity index is 2.73. The largest absolute Gasteiger partial charge is 0.377 e. The summed E-state index contributed by atoms with van der Waals surface area (Å²) in [5.41, 5.74) is 5.57. The summed E-state index contributed by atoms with van der Waals surface area (Å²) in [6.07, 6.45) is 3.24. The van der Waals surface area contributed by atoms with Crippen LogP contribution < -0.4 is 11.3 Å². The molecule has 0 spiro atoms. The van der Waals surface area contributed by atoms with Gasteiger partial charge in [0.05, 0.1) is 12.1 Å². The van der Waals surface area contributed by atoms with Crippen LogP contribution >= 0.6 is 0 Å². The van der Waals surface area contributed by atoms with Crippen molar-refractivity contribution < 1.29 is 4.74 Å². The SMILES string of the molecule is CCCC(OCC)C(Cc1ccccc1C)NN. The van der Waals surface area contributed by atoms with Gasteiger partial charge >= 0.3 is 0 Å². The van der Waals surface area contributed by atoms with E-state index in [1.165, 1.54) is 11.1 Å². The Morgan fingerprint density at radius 1 is 1.28 bits per heavy atom. The zero-order valence-corrected chi connectivity index (χ0v) is 11.8.